The van der Waals surface area contributed by atoms with Crippen LogP contribution in [0.25, 0.3) is 0 Å². The zero-order valence-electron chi connectivity index (χ0n) is 10.9. The quantitative estimate of drug-likeness (QED) is 0.845. The Hall–Kier alpha value is -1.88. The number of methoxy groups -OCH3 is 1. The van der Waals surface area contributed by atoms with Crippen LogP contribution in [-0.4, -0.2) is 31.5 Å². The van der Waals surface area contributed by atoms with E-state index in [1.54, 1.807) is 19.2 Å². The van der Waals surface area contributed by atoms with Crippen molar-refractivity contribution < 1.29 is 14.3 Å². The summed E-state index contributed by atoms with van der Waals surface area (Å²) in [6.45, 7) is 1.04. The SMILES string of the molecule is COCc1ccc(C(=O)NC2CCC(=O)NC2)cc1. The number of rotatable bonds is 4. The number of hydrogen-bond donors (Lipinski definition) is 2. The molecule has 19 heavy (non-hydrogen) atoms. The van der Waals surface area contributed by atoms with Gasteiger partial charge in [-0.15, -0.1) is 0 Å². The Balaban J connectivity index is 1.90. The van der Waals surface area contributed by atoms with Gasteiger partial charge in [-0.25, -0.2) is 0 Å². The van der Waals surface area contributed by atoms with Crippen molar-refractivity contribution in [1.82, 2.24) is 10.6 Å². The van der Waals surface area contributed by atoms with E-state index in [0.29, 0.717) is 31.6 Å². The summed E-state index contributed by atoms with van der Waals surface area (Å²) >= 11 is 0. The van der Waals surface area contributed by atoms with Gasteiger partial charge < -0.3 is 15.4 Å². The third-order valence-corrected chi connectivity index (χ3v) is 3.13. The number of nitrogens with one attached hydrogen (secondary N) is 2. The molecule has 1 saturated heterocycles. The van der Waals surface area contributed by atoms with Crippen LogP contribution >= 0.6 is 0 Å². The molecule has 2 rings (SSSR count). The van der Waals surface area contributed by atoms with Crippen LogP contribution in [-0.2, 0) is 16.1 Å². The Morgan fingerprint density at radius 3 is 2.74 bits per heavy atom. The van der Waals surface area contributed by atoms with Gasteiger partial charge in [-0.05, 0) is 24.1 Å². The maximum Gasteiger partial charge on any atom is 0.251 e. The highest BCUT2D eigenvalue weighted by molar-refractivity contribution is 5.94. The highest BCUT2D eigenvalue weighted by Crippen LogP contribution is 2.08. The molecule has 2 N–H and O–H groups in total. The molecule has 0 radical (unpaired) electrons. The number of carbonyl (C=O) groups is 2. The Labute approximate surface area is 112 Å². The summed E-state index contributed by atoms with van der Waals surface area (Å²) < 4.78 is 5.02. The van der Waals surface area contributed by atoms with Crippen LogP contribution in [0.2, 0.25) is 0 Å². The van der Waals surface area contributed by atoms with E-state index in [0.717, 1.165) is 5.56 Å². The van der Waals surface area contributed by atoms with Crippen molar-refractivity contribution in [3.63, 3.8) is 0 Å². The van der Waals surface area contributed by atoms with Crippen LogP contribution in [0.3, 0.4) is 0 Å². The van der Waals surface area contributed by atoms with Crippen LogP contribution in [0, 0.1) is 0 Å². The van der Waals surface area contributed by atoms with Gasteiger partial charge in [0.15, 0.2) is 0 Å². The van der Waals surface area contributed by atoms with Crippen LogP contribution in [0.4, 0.5) is 0 Å². The van der Waals surface area contributed by atoms with Gasteiger partial charge in [-0.2, -0.15) is 0 Å². The largest absolute Gasteiger partial charge is 0.380 e. The molecule has 5 nitrogen and oxygen atoms in total. The standard InChI is InChI=1S/C14H18N2O3/c1-19-9-10-2-4-11(5-3-10)14(18)16-12-6-7-13(17)15-8-12/h2-5,12H,6-9H2,1H3,(H,15,17)(H,16,18). The summed E-state index contributed by atoms with van der Waals surface area (Å²) in [6.07, 6.45) is 1.16. The fourth-order valence-electron chi connectivity index (χ4n) is 2.04. The Bertz CT molecular complexity index is 446. The molecule has 102 valence electrons. The van der Waals surface area contributed by atoms with Crippen molar-refractivity contribution in [2.45, 2.75) is 25.5 Å². The number of carbonyl (C=O) groups excluding carboxylic acids is 2. The van der Waals surface area contributed by atoms with E-state index in [4.69, 9.17) is 4.74 Å². The van der Waals surface area contributed by atoms with Gasteiger partial charge in [-0.1, -0.05) is 12.1 Å². The molecule has 1 aliphatic rings. The first-order chi connectivity index (χ1) is 9.19. The molecule has 0 aliphatic carbocycles. The number of piperidine rings is 1. The lowest BCUT2D eigenvalue weighted by Gasteiger charge is -2.23. The van der Waals surface area contributed by atoms with Gasteiger partial charge >= 0.3 is 0 Å². The van der Waals surface area contributed by atoms with Crippen molar-refractivity contribution in [3.8, 4) is 0 Å². The molecular weight excluding hydrogens is 244 g/mol. The minimum absolute atomic E-state index is 0.0175. The predicted octanol–water partition coefficient (Wildman–Crippen LogP) is 0.841. The van der Waals surface area contributed by atoms with E-state index in [-0.39, 0.29) is 17.9 Å². The van der Waals surface area contributed by atoms with Gasteiger partial charge in [0.25, 0.3) is 5.91 Å². The average Bonchev–Trinajstić information content (AvgIpc) is 2.42. The molecule has 1 aromatic rings. The summed E-state index contributed by atoms with van der Waals surface area (Å²) in [6, 6.07) is 7.34. The molecule has 1 aliphatic heterocycles. The maximum absolute atomic E-state index is 12.0. The molecule has 0 aromatic heterocycles. The van der Waals surface area contributed by atoms with Gasteiger partial charge in [0.05, 0.1) is 6.61 Å². The van der Waals surface area contributed by atoms with Crippen LogP contribution in [0.15, 0.2) is 24.3 Å². The maximum atomic E-state index is 12.0. The lowest BCUT2D eigenvalue weighted by Crippen LogP contribution is -2.47. The number of hydrogen-bond acceptors (Lipinski definition) is 3. The fourth-order valence-corrected chi connectivity index (χ4v) is 2.04. The first kappa shape index (κ1) is 13.5. The van der Waals surface area contributed by atoms with Gasteiger partial charge in [-0.3, -0.25) is 9.59 Å². The van der Waals surface area contributed by atoms with Crippen molar-refractivity contribution in [2.24, 2.45) is 0 Å². The van der Waals surface area contributed by atoms with Crippen LogP contribution < -0.4 is 10.6 Å². The van der Waals surface area contributed by atoms with Crippen molar-refractivity contribution in [3.05, 3.63) is 35.4 Å². The Kier molecular flexibility index (Phi) is 4.52. The minimum atomic E-state index is -0.106. The molecule has 1 aromatic carbocycles. The third kappa shape index (κ3) is 3.79. The minimum Gasteiger partial charge on any atom is -0.380 e. The van der Waals surface area contributed by atoms with Gasteiger partial charge in [0.2, 0.25) is 5.91 Å². The zero-order chi connectivity index (χ0) is 13.7. The van der Waals surface area contributed by atoms with Crippen molar-refractivity contribution in [1.29, 1.82) is 0 Å². The summed E-state index contributed by atoms with van der Waals surface area (Å²) in [7, 11) is 1.64. The van der Waals surface area contributed by atoms with E-state index < -0.39 is 0 Å². The topological polar surface area (TPSA) is 67.4 Å². The van der Waals surface area contributed by atoms with E-state index in [2.05, 4.69) is 10.6 Å². The van der Waals surface area contributed by atoms with Gasteiger partial charge in [0, 0.05) is 31.7 Å². The second kappa shape index (κ2) is 6.33. The summed E-state index contributed by atoms with van der Waals surface area (Å²) in [5.74, 6) is -0.0560. The second-order valence-electron chi connectivity index (χ2n) is 4.64. The molecule has 1 unspecified atom stereocenters. The monoisotopic (exact) mass is 262 g/mol. The first-order valence-corrected chi connectivity index (χ1v) is 6.34. The summed E-state index contributed by atoms with van der Waals surface area (Å²) in [5.41, 5.74) is 1.65. The summed E-state index contributed by atoms with van der Waals surface area (Å²) in [5, 5.41) is 5.67. The number of amides is 2. The smallest absolute Gasteiger partial charge is 0.251 e. The first-order valence-electron chi connectivity index (χ1n) is 6.34. The zero-order valence-corrected chi connectivity index (χ0v) is 10.9. The molecular formula is C14H18N2O3. The van der Waals surface area contributed by atoms with Crippen LogP contribution in [0.5, 0.6) is 0 Å². The Morgan fingerprint density at radius 2 is 2.16 bits per heavy atom. The lowest BCUT2D eigenvalue weighted by molar-refractivity contribution is -0.122. The molecule has 0 spiro atoms. The second-order valence-corrected chi connectivity index (χ2v) is 4.64. The molecule has 1 fully saturated rings. The summed E-state index contributed by atoms with van der Waals surface area (Å²) in [4.78, 5) is 23.0. The predicted molar refractivity (Wildman–Crippen MR) is 70.7 cm³/mol. The van der Waals surface area contributed by atoms with Crippen molar-refractivity contribution >= 4 is 11.8 Å². The van der Waals surface area contributed by atoms with E-state index in [1.807, 2.05) is 12.1 Å². The molecule has 5 heteroatoms. The highest BCUT2D eigenvalue weighted by Gasteiger charge is 2.19. The fraction of sp³-hybridized carbons (Fsp3) is 0.429. The van der Waals surface area contributed by atoms with Gasteiger partial charge in [0.1, 0.15) is 0 Å². The highest BCUT2D eigenvalue weighted by atomic mass is 16.5. The van der Waals surface area contributed by atoms with E-state index in [1.165, 1.54) is 0 Å². The van der Waals surface area contributed by atoms with Crippen LogP contribution in [0.1, 0.15) is 28.8 Å². The molecule has 0 bridgehead atoms. The number of benzene rings is 1. The normalized spacial score (nSPS) is 18.8. The Morgan fingerprint density at radius 1 is 1.42 bits per heavy atom. The number of ether oxygens (including phenoxy) is 1. The van der Waals surface area contributed by atoms with Crippen molar-refractivity contribution in [2.75, 3.05) is 13.7 Å². The average molecular weight is 262 g/mol. The molecule has 2 amide bonds. The lowest BCUT2D eigenvalue weighted by atomic mass is 10.1. The molecule has 1 atom stereocenters. The van der Waals surface area contributed by atoms with E-state index >= 15 is 0 Å². The van der Waals surface area contributed by atoms with E-state index in [9.17, 15) is 9.59 Å². The third-order valence-electron chi connectivity index (χ3n) is 3.13. The molecule has 1 heterocycles. The molecule has 0 saturated carbocycles.